The number of hydrogen-bond acceptors (Lipinski definition) is 4. The van der Waals surface area contributed by atoms with Crippen molar-refractivity contribution >= 4 is 34.2 Å². The second kappa shape index (κ2) is 8.29. The summed E-state index contributed by atoms with van der Waals surface area (Å²) in [4.78, 5) is 9.90. The number of piperidine rings is 1. The van der Waals surface area contributed by atoms with E-state index in [1.807, 2.05) is 6.07 Å². The molecule has 0 saturated carbocycles. The molecule has 2 aromatic carbocycles. The third-order valence-corrected chi connectivity index (χ3v) is 6.22. The van der Waals surface area contributed by atoms with Crippen LogP contribution >= 0.6 is 23.2 Å². The zero-order valence-electron chi connectivity index (χ0n) is 15.8. The molecule has 0 aliphatic carbocycles. The van der Waals surface area contributed by atoms with Crippen molar-refractivity contribution in [1.29, 1.82) is 0 Å². The van der Waals surface area contributed by atoms with E-state index >= 15 is 0 Å². The van der Waals surface area contributed by atoms with Gasteiger partial charge in [0.15, 0.2) is 0 Å². The molecule has 0 bridgehead atoms. The quantitative estimate of drug-likeness (QED) is 0.615. The number of benzene rings is 2. The Bertz CT molecular complexity index is 952. The van der Waals surface area contributed by atoms with Crippen LogP contribution in [0.15, 0.2) is 42.7 Å². The van der Waals surface area contributed by atoms with E-state index in [0.717, 1.165) is 43.5 Å². The van der Waals surface area contributed by atoms with Gasteiger partial charge in [0.2, 0.25) is 0 Å². The molecule has 0 unspecified atom stereocenters. The Balaban J connectivity index is 1.34. The molecule has 28 heavy (non-hydrogen) atoms. The Morgan fingerprint density at radius 1 is 1.11 bits per heavy atom. The van der Waals surface area contributed by atoms with Gasteiger partial charge in [0.05, 0.1) is 27.4 Å². The number of aromatic nitrogens is 2. The summed E-state index contributed by atoms with van der Waals surface area (Å²) in [6, 6.07) is 11.7. The minimum absolute atomic E-state index is 0.282. The van der Waals surface area contributed by atoms with Crippen LogP contribution in [0.5, 0.6) is 5.75 Å². The highest BCUT2D eigenvalue weighted by Crippen LogP contribution is 2.30. The van der Waals surface area contributed by atoms with Crippen LogP contribution in [-0.4, -0.2) is 47.3 Å². The van der Waals surface area contributed by atoms with Gasteiger partial charge in [-0.2, -0.15) is 0 Å². The number of aromatic amines is 1. The lowest BCUT2D eigenvalue weighted by atomic mass is 9.91. The van der Waals surface area contributed by atoms with Gasteiger partial charge < -0.3 is 14.5 Å². The first-order valence-electron chi connectivity index (χ1n) is 9.34. The first-order valence-corrected chi connectivity index (χ1v) is 10.1. The highest BCUT2D eigenvalue weighted by atomic mass is 35.5. The third kappa shape index (κ3) is 4.28. The van der Waals surface area contributed by atoms with Crippen LogP contribution < -0.4 is 4.74 Å². The van der Waals surface area contributed by atoms with Gasteiger partial charge in [0, 0.05) is 32.8 Å². The monoisotopic (exact) mass is 419 g/mol. The van der Waals surface area contributed by atoms with E-state index in [4.69, 9.17) is 32.7 Å². The standard InChI is InChI=1S/C21H23Cl2N3O2/c1-27-21(13-28-16-3-4-17(22)18(23)11-16)6-8-26(9-7-21)12-15-2-5-19-20(10-15)25-14-24-19/h2-5,10-11,14H,6-9,12-13H2,1H3,(H,24,25). The minimum Gasteiger partial charge on any atom is -0.491 e. The molecule has 0 atom stereocenters. The minimum atomic E-state index is -0.282. The highest BCUT2D eigenvalue weighted by molar-refractivity contribution is 6.42. The van der Waals surface area contributed by atoms with Crippen LogP contribution in [-0.2, 0) is 11.3 Å². The number of fused-ring (bicyclic) bond motifs is 1. The van der Waals surface area contributed by atoms with E-state index in [1.54, 1.807) is 25.6 Å². The summed E-state index contributed by atoms with van der Waals surface area (Å²) in [5.41, 5.74) is 3.08. The molecule has 1 aromatic heterocycles. The van der Waals surface area contributed by atoms with Crippen LogP contribution in [0.3, 0.4) is 0 Å². The molecule has 7 heteroatoms. The zero-order chi connectivity index (χ0) is 19.6. The lowest BCUT2D eigenvalue weighted by Gasteiger charge is -2.40. The van der Waals surface area contributed by atoms with Gasteiger partial charge in [-0.25, -0.2) is 4.98 Å². The summed E-state index contributed by atoms with van der Waals surface area (Å²) >= 11 is 12.0. The summed E-state index contributed by atoms with van der Waals surface area (Å²) in [6.07, 6.45) is 3.56. The fraction of sp³-hybridized carbons (Fsp3) is 0.381. The molecule has 0 radical (unpaired) electrons. The molecule has 2 heterocycles. The van der Waals surface area contributed by atoms with Gasteiger partial charge in [-0.1, -0.05) is 29.3 Å². The molecule has 0 spiro atoms. The van der Waals surface area contributed by atoms with Crippen molar-refractivity contribution in [1.82, 2.24) is 14.9 Å². The number of hydrogen-bond donors (Lipinski definition) is 1. The van der Waals surface area contributed by atoms with Crippen LogP contribution in [0, 0.1) is 0 Å². The number of likely N-dealkylation sites (tertiary alicyclic amines) is 1. The van der Waals surface area contributed by atoms with E-state index in [-0.39, 0.29) is 5.60 Å². The van der Waals surface area contributed by atoms with E-state index in [1.165, 1.54) is 5.56 Å². The highest BCUT2D eigenvalue weighted by Gasteiger charge is 2.35. The number of imidazole rings is 1. The lowest BCUT2D eigenvalue weighted by Crippen LogP contribution is -2.48. The Morgan fingerprint density at radius 3 is 2.68 bits per heavy atom. The summed E-state index contributed by atoms with van der Waals surface area (Å²) in [5, 5.41) is 1.02. The van der Waals surface area contributed by atoms with Crippen molar-refractivity contribution in [2.45, 2.75) is 25.0 Å². The maximum absolute atomic E-state index is 6.07. The number of H-pyrrole nitrogens is 1. The summed E-state index contributed by atoms with van der Waals surface area (Å²) in [6.45, 7) is 3.33. The van der Waals surface area contributed by atoms with Crippen molar-refractivity contribution in [3.05, 3.63) is 58.3 Å². The molecule has 4 rings (SSSR count). The Labute approximate surface area is 174 Å². The van der Waals surface area contributed by atoms with Crippen molar-refractivity contribution in [2.24, 2.45) is 0 Å². The Hall–Kier alpha value is -1.79. The summed E-state index contributed by atoms with van der Waals surface area (Å²) < 4.78 is 11.8. The first-order chi connectivity index (χ1) is 13.6. The Morgan fingerprint density at radius 2 is 1.93 bits per heavy atom. The fourth-order valence-electron chi connectivity index (χ4n) is 3.65. The predicted octanol–water partition coefficient (Wildman–Crippen LogP) is 4.93. The van der Waals surface area contributed by atoms with Gasteiger partial charge in [-0.05, 0) is 42.7 Å². The van der Waals surface area contributed by atoms with E-state index in [2.05, 4.69) is 33.1 Å². The fourth-order valence-corrected chi connectivity index (χ4v) is 3.93. The molecule has 1 aliphatic heterocycles. The van der Waals surface area contributed by atoms with E-state index in [0.29, 0.717) is 22.4 Å². The number of nitrogens with zero attached hydrogens (tertiary/aromatic N) is 2. The van der Waals surface area contributed by atoms with Crippen molar-refractivity contribution in [3.63, 3.8) is 0 Å². The summed E-state index contributed by atoms with van der Waals surface area (Å²) in [5.74, 6) is 0.709. The van der Waals surface area contributed by atoms with Gasteiger partial charge in [0.1, 0.15) is 18.0 Å². The van der Waals surface area contributed by atoms with Crippen LogP contribution in [0.1, 0.15) is 18.4 Å². The number of rotatable bonds is 6. The third-order valence-electron chi connectivity index (χ3n) is 5.48. The molecule has 5 nitrogen and oxygen atoms in total. The molecule has 1 saturated heterocycles. The van der Waals surface area contributed by atoms with Crippen LogP contribution in [0.2, 0.25) is 10.0 Å². The molecule has 3 aromatic rings. The molecule has 148 valence electrons. The molecule has 1 fully saturated rings. The Kier molecular flexibility index (Phi) is 5.78. The SMILES string of the molecule is COC1(COc2ccc(Cl)c(Cl)c2)CCN(Cc2ccc3nc[nH]c3c2)CC1. The average molecular weight is 420 g/mol. The van der Waals surface area contributed by atoms with E-state index in [9.17, 15) is 0 Å². The maximum Gasteiger partial charge on any atom is 0.121 e. The topological polar surface area (TPSA) is 50.4 Å². The first kappa shape index (κ1) is 19.5. The zero-order valence-corrected chi connectivity index (χ0v) is 17.3. The predicted molar refractivity (Wildman–Crippen MR) is 112 cm³/mol. The largest absolute Gasteiger partial charge is 0.491 e. The van der Waals surface area contributed by atoms with Gasteiger partial charge >= 0.3 is 0 Å². The lowest BCUT2D eigenvalue weighted by molar-refractivity contribution is -0.0839. The molecular formula is C21H23Cl2N3O2. The average Bonchev–Trinajstić information content (AvgIpc) is 3.18. The van der Waals surface area contributed by atoms with Crippen molar-refractivity contribution in [2.75, 3.05) is 26.8 Å². The molecule has 1 aliphatic rings. The maximum atomic E-state index is 6.07. The van der Waals surface area contributed by atoms with Crippen molar-refractivity contribution in [3.8, 4) is 5.75 Å². The normalized spacial score (nSPS) is 17.1. The second-order valence-corrected chi connectivity index (χ2v) is 8.10. The van der Waals surface area contributed by atoms with Gasteiger partial charge in [-0.3, -0.25) is 4.90 Å². The second-order valence-electron chi connectivity index (χ2n) is 7.28. The van der Waals surface area contributed by atoms with Crippen LogP contribution in [0.25, 0.3) is 11.0 Å². The number of nitrogens with one attached hydrogen (secondary N) is 1. The van der Waals surface area contributed by atoms with Crippen LogP contribution in [0.4, 0.5) is 0 Å². The number of halogens is 2. The van der Waals surface area contributed by atoms with E-state index < -0.39 is 0 Å². The number of methoxy groups -OCH3 is 1. The van der Waals surface area contributed by atoms with Gasteiger partial charge in [0.25, 0.3) is 0 Å². The molecular weight excluding hydrogens is 397 g/mol. The van der Waals surface area contributed by atoms with Gasteiger partial charge in [-0.15, -0.1) is 0 Å². The summed E-state index contributed by atoms with van der Waals surface area (Å²) in [7, 11) is 1.76. The smallest absolute Gasteiger partial charge is 0.121 e. The number of ether oxygens (including phenoxy) is 2. The molecule has 0 amide bonds. The van der Waals surface area contributed by atoms with Crippen molar-refractivity contribution < 1.29 is 9.47 Å². The molecule has 1 N–H and O–H groups in total.